The molecule has 24 heavy (non-hydrogen) atoms. The summed E-state index contributed by atoms with van der Waals surface area (Å²) in [6, 6.07) is 21.2. The zero-order valence-corrected chi connectivity index (χ0v) is 14.0. The van der Waals surface area contributed by atoms with Gasteiger partial charge in [-0.15, -0.1) is 4.62 Å². The Bertz CT molecular complexity index is 777. The molecule has 0 fully saturated rings. The van der Waals surface area contributed by atoms with Crippen LogP contribution in [0, 0.1) is 6.92 Å². The van der Waals surface area contributed by atoms with Crippen molar-refractivity contribution in [2.24, 2.45) is 0 Å². The molecule has 0 atom stereocenters. The Hall–Kier alpha value is -2.78. The van der Waals surface area contributed by atoms with E-state index in [0.29, 0.717) is 11.5 Å². The fraction of sp³-hybridized carbons (Fsp3) is 0.0556. The first-order chi connectivity index (χ1) is 11.6. The van der Waals surface area contributed by atoms with E-state index in [0.717, 1.165) is 5.56 Å². The SMILES string of the molecule is Cc1cc[n+](OP(=O)(Oc2ccccc2)Oc2ccccc2)cc1. The van der Waals surface area contributed by atoms with E-state index in [1.54, 1.807) is 60.9 Å². The number of benzene rings is 2. The first-order valence-electron chi connectivity index (χ1n) is 7.40. The lowest BCUT2D eigenvalue weighted by Gasteiger charge is -2.15. The maximum atomic E-state index is 13.1. The Balaban J connectivity index is 1.87. The Morgan fingerprint density at radius 1 is 0.750 bits per heavy atom. The number of rotatable bonds is 6. The minimum Gasteiger partial charge on any atom is -0.383 e. The third kappa shape index (κ3) is 4.37. The molecule has 0 saturated heterocycles. The summed E-state index contributed by atoms with van der Waals surface area (Å²) in [5, 5.41) is 0. The third-order valence-corrected chi connectivity index (χ3v) is 4.34. The van der Waals surface area contributed by atoms with Crippen molar-refractivity contribution in [2.45, 2.75) is 6.92 Å². The molecule has 0 spiro atoms. The predicted octanol–water partition coefficient (Wildman–Crippen LogP) is 3.98. The van der Waals surface area contributed by atoms with Crippen molar-refractivity contribution in [1.29, 1.82) is 0 Å². The van der Waals surface area contributed by atoms with Crippen LogP contribution < -0.4 is 18.4 Å². The molecule has 0 radical (unpaired) electrons. The van der Waals surface area contributed by atoms with Crippen molar-refractivity contribution in [3.05, 3.63) is 90.8 Å². The summed E-state index contributed by atoms with van der Waals surface area (Å²) in [6.45, 7) is 1.95. The van der Waals surface area contributed by atoms with Gasteiger partial charge in [-0.25, -0.2) is 0 Å². The maximum absolute atomic E-state index is 13.1. The molecule has 1 heterocycles. The van der Waals surface area contributed by atoms with Crippen LogP contribution in [0.2, 0.25) is 0 Å². The summed E-state index contributed by atoms with van der Waals surface area (Å²) in [5.41, 5.74) is 1.05. The summed E-state index contributed by atoms with van der Waals surface area (Å²) in [6.07, 6.45) is 3.29. The molecule has 6 heteroatoms. The zero-order chi connectivity index (χ0) is 16.8. The molecule has 5 nitrogen and oxygen atoms in total. The number of pyridine rings is 1. The number of hydrogen-bond donors (Lipinski definition) is 0. The lowest BCUT2D eigenvalue weighted by atomic mass is 10.3. The molecule has 0 saturated carbocycles. The van der Waals surface area contributed by atoms with E-state index < -0.39 is 7.82 Å². The topological polar surface area (TPSA) is 48.6 Å². The summed E-state index contributed by atoms with van der Waals surface area (Å²) < 4.78 is 31.0. The van der Waals surface area contributed by atoms with Crippen LogP contribution in [-0.2, 0) is 4.57 Å². The lowest BCUT2D eigenvalue weighted by Crippen LogP contribution is -2.41. The molecule has 3 aromatic rings. The second-order valence-corrected chi connectivity index (χ2v) is 6.50. The van der Waals surface area contributed by atoms with E-state index in [1.165, 1.54) is 4.73 Å². The number of para-hydroxylation sites is 2. The number of aromatic nitrogens is 1. The van der Waals surface area contributed by atoms with Gasteiger partial charge in [0.15, 0.2) is 0 Å². The summed E-state index contributed by atoms with van der Waals surface area (Å²) >= 11 is 0. The van der Waals surface area contributed by atoms with Crippen LogP contribution in [0.5, 0.6) is 11.5 Å². The monoisotopic (exact) mass is 342 g/mol. The lowest BCUT2D eigenvalue weighted by molar-refractivity contribution is -0.860. The summed E-state index contributed by atoms with van der Waals surface area (Å²) in [4.78, 5) is 0. The molecule has 0 aliphatic rings. The molecule has 0 aliphatic heterocycles. The average Bonchev–Trinajstić information content (AvgIpc) is 2.58. The summed E-state index contributed by atoms with van der Waals surface area (Å²) in [5.74, 6) is 0.786. The minimum atomic E-state index is -3.94. The van der Waals surface area contributed by atoms with E-state index in [1.807, 2.05) is 31.2 Å². The Morgan fingerprint density at radius 3 is 1.67 bits per heavy atom. The van der Waals surface area contributed by atoms with Gasteiger partial charge in [-0.1, -0.05) is 36.4 Å². The Kier molecular flexibility index (Phi) is 4.82. The highest BCUT2D eigenvalue weighted by molar-refractivity contribution is 7.49. The van der Waals surface area contributed by atoms with Crippen LogP contribution >= 0.6 is 7.82 Å². The summed E-state index contributed by atoms with van der Waals surface area (Å²) in [7, 11) is -3.94. The van der Waals surface area contributed by atoms with Gasteiger partial charge in [-0.05, 0) is 36.8 Å². The van der Waals surface area contributed by atoms with Crippen molar-refractivity contribution in [3.63, 3.8) is 0 Å². The van der Waals surface area contributed by atoms with Crippen molar-refractivity contribution in [2.75, 3.05) is 0 Å². The van der Waals surface area contributed by atoms with Crippen molar-refractivity contribution in [3.8, 4) is 11.5 Å². The van der Waals surface area contributed by atoms with Crippen molar-refractivity contribution in [1.82, 2.24) is 0 Å². The van der Waals surface area contributed by atoms with Crippen LogP contribution in [0.1, 0.15) is 5.56 Å². The largest absolute Gasteiger partial charge is 0.700 e. The quantitative estimate of drug-likeness (QED) is 0.502. The van der Waals surface area contributed by atoms with E-state index >= 15 is 0 Å². The molecule has 0 aliphatic carbocycles. The number of phosphoric ester groups is 1. The van der Waals surface area contributed by atoms with Gasteiger partial charge in [-0.2, -0.15) is 4.57 Å². The highest BCUT2D eigenvalue weighted by atomic mass is 31.2. The molecule has 0 amide bonds. The third-order valence-electron chi connectivity index (χ3n) is 3.08. The maximum Gasteiger partial charge on any atom is 0.700 e. The minimum absolute atomic E-state index is 0.393. The molecule has 0 N–H and O–H groups in total. The van der Waals surface area contributed by atoms with Crippen molar-refractivity contribution >= 4 is 7.82 Å². The normalized spacial score (nSPS) is 10.9. The van der Waals surface area contributed by atoms with Gasteiger partial charge in [0.2, 0.25) is 12.4 Å². The smallest absolute Gasteiger partial charge is 0.383 e. The van der Waals surface area contributed by atoms with Gasteiger partial charge >= 0.3 is 7.82 Å². The highest BCUT2D eigenvalue weighted by Crippen LogP contribution is 2.45. The first-order valence-corrected chi connectivity index (χ1v) is 8.86. The van der Waals surface area contributed by atoms with Crippen LogP contribution in [0.15, 0.2) is 85.2 Å². The molecule has 0 bridgehead atoms. The molecule has 3 rings (SSSR count). The molecule has 2 aromatic carbocycles. The van der Waals surface area contributed by atoms with Gasteiger partial charge in [0.1, 0.15) is 11.5 Å². The average molecular weight is 342 g/mol. The second-order valence-electron chi connectivity index (χ2n) is 5.07. The molecule has 1 aromatic heterocycles. The fourth-order valence-corrected chi connectivity index (χ4v) is 3.13. The molecular weight excluding hydrogens is 325 g/mol. The molecular formula is C18H17NO4P+. The highest BCUT2D eigenvalue weighted by Gasteiger charge is 2.38. The number of nitrogens with zero attached hydrogens (tertiary/aromatic N) is 1. The van der Waals surface area contributed by atoms with Crippen molar-refractivity contribution < 1.29 is 23.0 Å². The van der Waals surface area contributed by atoms with E-state index in [4.69, 9.17) is 13.7 Å². The number of phosphoric acid groups is 1. The first kappa shape index (κ1) is 16.1. The second kappa shape index (κ2) is 7.20. The van der Waals surface area contributed by atoms with E-state index in [2.05, 4.69) is 0 Å². The van der Waals surface area contributed by atoms with E-state index in [9.17, 15) is 4.57 Å². The van der Waals surface area contributed by atoms with E-state index in [-0.39, 0.29) is 0 Å². The molecule has 122 valence electrons. The van der Waals surface area contributed by atoms with Crippen LogP contribution in [0.4, 0.5) is 0 Å². The fourth-order valence-electron chi connectivity index (χ4n) is 1.93. The molecule has 0 unspecified atom stereocenters. The standard InChI is InChI=1S/C18H17NO4P/c1-16-12-14-19(15-13-16)23-24(20,21-17-8-4-2-5-9-17)22-18-10-6-3-7-11-18/h2-15H,1H3/q+1. The van der Waals surface area contributed by atoms with Crippen LogP contribution in [0.3, 0.4) is 0 Å². The Labute approximate surface area is 140 Å². The predicted molar refractivity (Wildman–Crippen MR) is 89.7 cm³/mol. The number of aryl methyl sites for hydroxylation is 1. The van der Waals surface area contributed by atoms with Gasteiger partial charge in [0.25, 0.3) is 0 Å². The Morgan fingerprint density at radius 2 is 1.21 bits per heavy atom. The van der Waals surface area contributed by atoms with Gasteiger partial charge in [0.05, 0.1) is 0 Å². The van der Waals surface area contributed by atoms with Crippen LogP contribution in [-0.4, -0.2) is 0 Å². The number of hydrogen-bond acceptors (Lipinski definition) is 4. The van der Waals surface area contributed by atoms with Crippen LogP contribution in [0.25, 0.3) is 0 Å². The van der Waals surface area contributed by atoms with Gasteiger partial charge < -0.3 is 9.05 Å². The van der Waals surface area contributed by atoms with Gasteiger partial charge in [-0.3, -0.25) is 0 Å². The van der Waals surface area contributed by atoms with Gasteiger partial charge in [0, 0.05) is 16.9 Å². The zero-order valence-electron chi connectivity index (χ0n) is 13.1.